The molecule has 2 heterocycles. The number of esters is 2. The summed E-state index contributed by atoms with van der Waals surface area (Å²) in [6.45, 7) is 0.718. The largest absolute Gasteiger partial charge is 0.504 e. The summed E-state index contributed by atoms with van der Waals surface area (Å²) in [6.07, 6.45) is -10.6. The SMILES string of the molecule is CC1OC(OC2C(O)C(OCCc3ccc(O)c(O)c3)OC(COC(=O)C=Cc3ccccc3)C2OC(=O)C=Cc2ccc(O)c(O)c2)C(O)C(O)C1O. The van der Waals surface area contributed by atoms with Gasteiger partial charge in [0, 0.05) is 12.2 Å². The number of benzene rings is 3. The molecule has 0 radical (unpaired) electrons. The fourth-order valence-corrected chi connectivity index (χ4v) is 5.68. The van der Waals surface area contributed by atoms with E-state index in [1.54, 1.807) is 30.3 Å². The van der Waals surface area contributed by atoms with Crippen molar-refractivity contribution >= 4 is 24.1 Å². The van der Waals surface area contributed by atoms with Crippen molar-refractivity contribution in [2.24, 2.45) is 0 Å². The normalized spacial score (nSPS) is 28.6. The zero-order valence-corrected chi connectivity index (χ0v) is 28.9. The summed E-state index contributed by atoms with van der Waals surface area (Å²) in [5, 5.41) is 82.0. The van der Waals surface area contributed by atoms with Gasteiger partial charge in [-0.1, -0.05) is 42.5 Å². The van der Waals surface area contributed by atoms with Crippen LogP contribution >= 0.6 is 0 Å². The highest BCUT2D eigenvalue weighted by molar-refractivity contribution is 5.88. The predicted octanol–water partition coefficient (Wildman–Crippen LogP) is 1.25. The highest BCUT2D eigenvalue weighted by Gasteiger charge is 2.52. The zero-order valence-electron chi connectivity index (χ0n) is 28.9. The molecule has 16 nitrogen and oxygen atoms in total. The van der Waals surface area contributed by atoms with Gasteiger partial charge in [0.15, 0.2) is 41.7 Å². The molecular weight excluding hydrogens is 712 g/mol. The number of phenols is 4. The molecule has 16 heteroatoms. The molecule has 10 unspecified atom stereocenters. The lowest BCUT2D eigenvalue weighted by atomic mass is 9.97. The molecule has 5 rings (SSSR count). The first-order valence-electron chi connectivity index (χ1n) is 16.9. The Balaban J connectivity index is 1.41. The zero-order chi connectivity index (χ0) is 38.9. The van der Waals surface area contributed by atoms with E-state index in [-0.39, 0.29) is 30.3 Å². The topological polar surface area (TPSA) is 251 Å². The Kier molecular flexibility index (Phi) is 13.6. The van der Waals surface area contributed by atoms with E-state index >= 15 is 0 Å². The van der Waals surface area contributed by atoms with Crippen molar-refractivity contribution in [3.05, 3.63) is 95.6 Å². The third-order valence-corrected chi connectivity index (χ3v) is 8.69. The Hall–Kier alpha value is -5.04. The lowest BCUT2D eigenvalue weighted by molar-refractivity contribution is -0.357. The summed E-state index contributed by atoms with van der Waals surface area (Å²) in [7, 11) is 0. The third-order valence-electron chi connectivity index (χ3n) is 8.69. The molecule has 2 saturated heterocycles. The number of aliphatic hydroxyl groups is 4. The Labute approximate surface area is 309 Å². The first-order valence-corrected chi connectivity index (χ1v) is 16.9. The van der Waals surface area contributed by atoms with Crippen molar-refractivity contribution < 1.29 is 78.9 Å². The summed E-state index contributed by atoms with van der Waals surface area (Å²) in [5.41, 5.74) is 1.57. The molecule has 0 spiro atoms. The van der Waals surface area contributed by atoms with E-state index < -0.39 is 85.7 Å². The van der Waals surface area contributed by atoms with Crippen LogP contribution in [0.5, 0.6) is 23.0 Å². The number of hydrogen-bond acceptors (Lipinski definition) is 16. The lowest BCUT2D eigenvalue weighted by Crippen LogP contribution is -2.65. The molecule has 290 valence electrons. The molecular formula is C38H42O16. The van der Waals surface area contributed by atoms with Gasteiger partial charge in [0.2, 0.25) is 0 Å². The van der Waals surface area contributed by atoms with Crippen LogP contribution in [0.1, 0.15) is 23.6 Å². The Morgan fingerprint density at radius 2 is 1.35 bits per heavy atom. The standard InChI is InChI=1S/C38H42O16/c1-20-31(45)32(46)33(47)38(51-20)54-36-34(48)37(49-16-15-23-8-12-25(40)27(42)18-23)52-28(19-50-29(43)13-9-21-5-3-2-4-6-21)35(36)53-30(44)14-10-22-7-11-24(39)26(41)17-22/h2-14,17-18,20,28,31-42,45-48H,15-16,19H2,1H3. The van der Waals surface area contributed by atoms with E-state index in [2.05, 4.69) is 0 Å². The van der Waals surface area contributed by atoms with Gasteiger partial charge in [0.1, 0.15) is 43.2 Å². The molecule has 0 saturated carbocycles. The minimum absolute atomic E-state index is 0.123. The smallest absolute Gasteiger partial charge is 0.331 e. The van der Waals surface area contributed by atoms with Crippen molar-refractivity contribution in [2.75, 3.05) is 13.2 Å². The van der Waals surface area contributed by atoms with E-state index in [0.717, 1.165) is 6.08 Å². The van der Waals surface area contributed by atoms with Gasteiger partial charge < -0.3 is 69.3 Å². The second-order valence-electron chi connectivity index (χ2n) is 12.6. The van der Waals surface area contributed by atoms with Gasteiger partial charge in [-0.2, -0.15) is 0 Å². The summed E-state index contributed by atoms with van der Waals surface area (Å²) >= 11 is 0. The van der Waals surface area contributed by atoms with E-state index in [1.165, 1.54) is 55.5 Å². The summed E-state index contributed by atoms with van der Waals surface area (Å²) in [5.74, 6) is -3.31. The maximum atomic E-state index is 13.2. The predicted molar refractivity (Wildman–Crippen MR) is 186 cm³/mol. The van der Waals surface area contributed by atoms with Crippen molar-refractivity contribution in [2.45, 2.75) is 74.8 Å². The molecule has 8 N–H and O–H groups in total. The van der Waals surface area contributed by atoms with Gasteiger partial charge in [-0.25, -0.2) is 9.59 Å². The minimum Gasteiger partial charge on any atom is -0.504 e. The van der Waals surface area contributed by atoms with E-state index in [0.29, 0.717) is 16.7 Å². The molecule has 0 bridgehead atoms. The molecule has 0 amide bonds. The molecule has 10 atom stereocenters. The van der Waals surface area contributed by atoms with Gasteiger partial charge in [0.05, 0.1) is 12.7 Å². The van der Waals surface area contributed by atoms with Crippen molar-refractivity contribution in [1.29, 1.82) is 0 Å². The van der Waals surface area contributed by atoms with Gasteiger partial charge in [-0.15, -0.1) is 0 Å². The minimum atomic E-state index is -1.83. The number of rotatable bonds is 13. The second-order valence-corrected chi connectivity index (χ2v) is 12.6. The number of aromatic hydroxyl groups is 4. The fourth-order valence-electron chi connectivity index (χ4n) is 5.68. The fraction of sp³-hybridized carbons (Fsp3) is 0.368. The third kappa shape index (κ3) is 10.3. The van der Waals surface area contributed by atoms with E-state index in [1.807, 2.05) is 6.07 Å². The van der Waals surface area contributed by atoms with Crippen LogP contribution in [0, 0.1) is 0 Å². The average molecular weight is 755 g/mol. The van der Waals surface area contributed by atoms with Crippen LogP contribution in [0.15, 0.2) is 78.9 Å². The van der Waals surface area contributed by atoms with Crippen LogP contribution in [0.4, 0.5) is 0 Å². The van der Waals surface area contributed by atoms with Crippen LogP contribution in [-0.4, -0.2) is 127 Å². The highest BCUT2D eigenvalue weighted by atomic mass is 16.7. The number of aliphatic hydroxyl groups excluding tert-OH is 4. The van der Waals surface area contributed by atoms with Crippen LogP contribution in [-0.2, 0) is 44.4 Å². The maximum absolute atomic E-state index is 13.2. The van der Waals surface area contributed by atoms with E-state index in [9.17, 15) is 50.4 Å². The average Bonchev–Trinajstić information content (AvgIpc) is 3.16. The molecule has 2 aliphatic heterocycles. The molecule has 3 aromatic rings. The Morgan fingerprint density at radius 3 is 2.06 bits per heavy atom. The number of hydrogen-bond donors (Lipinski definition) is 8. The summed E-state index contributed by atoms with van der Waals surface area (Å²) in [4.78, 5) is 26.0. The van der Waals surface area contributed by atoms with Crippen molar-refractivity contribution in [3.63, 3.8) is 0 Å². The van der Waals surface area contributed by atoms with Crippen LogP contribution in [0.3, 0.4) is 0 Å². The molecule has 0 aromatic heterocycles. The van der Waals surface area contributed by atoms with E-state index in [4.69, 9.17) is 28.4 Å². The number of carbonyl (C=O) groups is 2. The molecule has 54 heavy (non-hydrogen) atoms. The number of carbonyl (C=O) groups excluding carboxylic acids is 2. The van der Waals surface area contributed by atoms with Crippen LogP contribution in [0.25, 0.3) is 12.2 Å². The van der Waals surface area contributed by atoms with Crippen LogP contribution < -0.4 is 0 Å². The van der Waals surface area contributed by atoms with Gasteiger partial charge in [0.25, 0.3) is 0 Å². The molecule has 0 aliphatic carbocycles. The summed E-state index contributed by atoms with van der Waals surface area (Å²) < 4.78 is 34.6. The highest BCUT2D eigenvalue weighted by Crippen LogP contribution is 2.32. The van der Waals surface area contributed by atoms with Gasteiger partial charge in [-0.3, -0.25) is 0 Å². The van der Waals surface area contributed by atoms with Gasteiger partial charge >= 0.3 is 11.9 Å². The number of ether oxygens (including phenoxy) is 6. The first kappa shape index (κ1) is 40.2. The summed E-state index contributed by atoms with van der Waals surface area (Å²) in [6, 6.07) is 16.8. The lowest BCUT2D eigenvalue weighted by Gasteiger charge is -2.46. The molecule has 2 aliphatic rings. The molecule has 3 aromatic carbocycles. The van der Waals surface area contributed by atoms with Crippen molar-refractivity contribution in [3.8, 4) is 23.0 Å². The Bertz CT molecular complexity index is 1780. The van der Waals surface area contributed by atoms with Crippen molar-refractivity contribution in [1.82, 2.24) is 0 Å². The maximum Gasteiger partial charge on any atom is 0.331 e. The quantitative estimate of drug-likeness (QED) is 0.0695. The monoisotopic (exact) mass is 754 g/mol. The number of phenolic OH excluding ortho intramolecular Hbond substituents is 4. The van der Waals surface area contributed by atoms with Crippen LogP contribution in [0.2, 0.25) is 0 Å². The molecule has 2 fully saturated rings. The first-order chi connectivity index (χ1) is 25.8. The second kappa shape index (κ2) is 18.3. The van der Waals surface area contributed by atoms with Gasteiger partial charge in [-0.05, 0) is 66.5 Å². The Morgan fingerprint density at radius 1 is 0.685 bits per heavy atom.